The Morgan fingerprint density at radius 3 is 2.23 bits per heavy atom. The van der Waals surface area contributed by atoms with Gasteiger partial charge in [0.1, 0.15) is 6.04 Å². The second kappa shape index (κ2) is 7.60. The van der Waals surface area contributed by atoms with Crippen LogP contribution in [0.15, 0.2) is 24.3 Å². The van der Waals surface area contributed by atoms with Gasteiger partial charge in [-0.2, -0.15) is 0 Å². The second-order valence-corrected chi connectivity index (χ2v) is 8.05. The maximum atomic E-state index is 13.1. The van der Waals surface area contributed by atoms with Gasteiger partial charge in [0.25, 0.3) is 11.8 Å². The van der Waals surface area contributed by atoms with Crippen molar-refractivity contribution in [3.63, 3.8) is 0 Å². The first kappa shape index (κ1) is 18.6. The van der Waals surface area contributed by atoms with Gasteiger partial charge >= 0.3 is 0 Å². The molecule has 0 aromatic heterocycles. The molecule has 1 aromatic rings. The van der Waals surface area contributed by atoms with E-state index in [2.05, 4.69) is 12.2 Å². The summed E-state index contributed by atoms with van der Waals surface area (Å²) in [6, 6.07) is 6.17. The average molecular weight is 356 g/mol. The molecule has 1 aliphatic heterocycles. The van der Waals surface area contributed by atoms with Crippen molar-refractivity contribution >= 4 is 17.7 Å². The summed E-state index contributed by atoms with van der Waals surface area (Å²) in [6.07, 6.45) is 4.84. The third-order valence-electron chi connectivity index (χ3n) is 5.57. The summed E-state index contributed by atoms with van der Waals surface area (Å²) >= 11 is 0. The van der Waals surface area contributed by atoms with Crippen LogP contribution < -0.4 is 5.32 Å². The molecule has 0 radical (unpaired) electrons. The molecule has 1 aromatic carbocycles. The Balaban J connectivity index is 1.83. The fourth-order valence-electron chi connectivity index (χ4n) is 4.08. The predicted octanol–water partition coefficient (Wildman–Crippen LogP) is 3.39. The third kappa shape index (κ3) is 3.53. The molecule has 5 heteroatoms. The molecule has 3 atom stereocenters. The van der Waals surface area contributed by atoms with Crippen molar-refractivity contribution in [1.82, 2.24) is 10.2 Å². The zero-order valence-corrected chi connectivity index (χ0v) is 15.8. The maximum absolute atomic E-state index is 13.1. The Kier molecular flexibility index (Phi) is 5.44. The highest BCUT2D eigenvalue weighted by Gasteiger charge is 2.43. The van der Waals surface area contributed by atoms with E-state index in [1.165, 1.54) is 11.3 Å². The molecule has 1 aliphatic carbocycles. The van der Waals surface area contributed by atoms with Crippen LogP contribution in [-0.4, -0.2) is 34.7 Å². The number of rotatable bonds is 5. The van der Waals surface area contributed by atoms with Crippen molar-refractivity contribution in [1.29, 1.82) is 0 Å². The second-order valence-electron chi connectivity index (χ2n) is 8.05. The molecule has 1 saturated carbocycles. The molecular formula is C21H28N2O3. The van der Waals surface area contributed by atoms with Gasteiger partial charge in [-0.15, -0.1) is 0 Å². The lowest BCUT2D eigenvalue weighted by Gasteiger charge is -2.33. The zero-order valence-electron chi connectivity index (χ0n) is 15.8. The Bertz CT molecular complexity index is 678. The van der Waals surface area contributed by atoms with Gasteiger partial charge in [-0.25, -0.2) is 0 Å². The average Bonchev–Trinajstić information content (AvgIpc) is 2.86. The normalized spacial score (nSPS) is 23.9. The third-order valence-corrected chi connectivity index (χ3v) is 5.57. The first-order valence-electron chi connectivity index (χ1n) is 9.67. The van der Waals surface area contributed by atoms with Gasteiger partial charge in [-0.05, 0) is 43.2 Å². The largest absolute Gasteiger partial charge is 0.351 e. The highest BCUT2D eigenvalue weighted by atomic mass is 16.2. The Morgan fingerprint density at radius 2 is 1.69 bits per heavy atom. The summed E-state index contributed by atoms with van der Waals surface area (Å²) in [5.41, 5.74) is 0.787. The van der Waals surface area contributed by atoms with Crippen LogP contribution in [0.3, 0.4) is 0 Å². The molecular weight excluding hydrogens is 328 g/mol. The van der Waals surface area contributed by atoms with E-state index in [0.717, 1.165) is 19.3 Å². The van der Waals surface area contributed by atoms with Gasteiger partial charge in [-0.1, -0.05) is 45.7 Å². The number of carbonyl (C=O) groups excluding carboxylic acids is 3. The van der Waals surface area contributed by atoms with Crippen molar-refractivity contribution < 1.29 is 14.4 Å². The summed E-state index contributed by atoms with van der Waals surface area (Å²) < 4.78 is 0. The van der Waals surface area contributed by atoms with Gasteiger partial charge < -0.3 is 5.32 Å². The van der Waals surface area contributed by atoms with Crippen molar-refractivity contribution in [3.8, 4) is 0 Å². The van der Waals surface area contributed by atoms with Crippen LogP contribution in [0, 0.1) is 11.8 Å². The Labute approximate surface area is 155 Å². The maximum Gasteiger partial charge on any atom is 0.262 e. The summed E-state index contributed by atoms with van der Waals surface area (Å²) in [7, 11) is 0. The van der Waals surface area contributed by atoms with Gasteiger partial charge in [0.2, 0.25) is 5.91 Å². The van der Waals surface area contributed by atoms with Crippen molar-refractivity contribution in [3.05, 3.63) is 35.4 Å². The highest BCUT2D eigenvalue weighted by molar-refractivity contribution is 6.22. The van der Waals surface area contributed by atoms with Gasteiger partial charge in [-0.3, -0.25) is 19.3 Å². The van der Waals surface area contributed by atoms with Crippen LogP contribution in [0.2, 0.25) is 0 Å². The Hall–Kier alpha value is -2.17. The van der Waals surface area contributed by atoms with Gasteiger partial charge in [0, 0.05) is 6.04 Å². The minimum absolute atomic E-state index is 0.126. The summed E-state index contributed by atoms with van der Waals surface area (Å²) in [5, 5.41) is 3.13. The molecule has 1 fully saturated rings. The number of hydrogen-bond donors (Lipinski definition) is 1. The number of nitrogens with one attached hydrogen (secondary N) is 1. The minimum atomic E-state index is -0.753. The van der Waals surface area contributed by atoms with Crippen LogP contribution in [0.1, 0.15) is 73.6 Å². The fourth-order valence-corrected chi connectivity index (χ4v) is 4.08. The summed E-state index contributed by atoms with van der Waals surface area (Å²) in [5.74, 6) is -0.299. The predicted molar refractivity (Wildman–Crippen MR) is 99.7 cm³/mol. The standard InChI is InChI=1S/C21H28N2O3/c1-13(2)12-18(19(24)22-17-11-7-4-8-14(17)3)23-20(25)15-9-5-6-10-16(15)21(23)26/h5-6,9-10,13-14,17-18H,4,7-8,11-12H2,1-3H3,(H,22,24)/t14-,17+,18-/m1/s1. The molecule has 0 saturated heterocycles. The summed E-state index contributed by atoms with van der Waals surface area (Å²) in [6.45, 7) is 6.16. The van der Waals surface area contributed by atoms with Crippen LogP contribution in [-0.2, 0) is 4.79 Å². The topological polar surface area (TPSA) is 66.5 Å². The molecule has 1 heterocycles. The van der Waals surface area contributed by atoms with Crippen LogP contribution >= 0.6 is 0 Å². The van der Waals surface area contributed by atoms with Crippen LogP contribution in [0.4, 0.5) is 0 Å². The number of hydrogen-bond acceptors (Lipinski definition) is 3. The van der Waals surface area contributed by atoms with E-state index in [0.29, 0.717) is 23.5 Å². The lowest BCUT2D eigenvalue weighted by Crippen LogP contribution is -2.53. The van der Waals surface area contributed by atoms with Gasteiger partial charge in [0.15, 0.2) is 0 Å². The molecule has 0 bridgehead atoms. The number of imide groups is 1. The quantitative estimate of drug-likeness (QED) is 0.823. The molecule has 140 valence electrons. The van der Waals surface area contributed by atoms with E-state index in [-0.39, 0.29) is 29.7 Å². The summed E-state index contributed by atoms with van der Waals surface area (Å²) in [4.78, 5) is 39.9. The number of fused-ring (bicyclic) bond motifs is 1. The van der Waals surface area contributed by atoms with E-state index < -0.39 is 6.04 Å². The number of nitrogens with zero attached hydrogens (tertiary/aromatic N) is 1. The molecule has 3 rings (SSSR count). The molecule has 0 spiro atoms. The van der Waals surface area contributed by atoms with Gasteiger partial charge in [0.05, 0.1) is 11.1 Å². The van der Waals surface area contributed by atoms with E-state index in [1.54, 1.807) is 24.3 Å². The highest BCUT2D eigenvalue weighted by Crippen LogP contribution is 2.28. The van der Waals surface area contributed by atoms with E-state index in [9.17, 15) is 14.4 Å². The van der Waals surface area contributed by atoms with E-state index >= 15 is 0 Å². The monoisotopic (exact) mass is 356 g/mol. The lowest BCUT2D eigenvalue weighted by atomic mass is 9.85. The van der Waals surface area contributed by atoms with E-state index in [1.807, 2.05) is 13.8 Å². The molecule has 2 aliphatic rings. The lowest BCUT2D eigenvalue weighted by molar-refractivity contribution is -0.126. The number of carbonyl (C=O) groups is 3. The number of amides is 3. The minimum Gasteiger partial charge on any atom is -0.351 e. The van der Waals surface area contributed by atoms with Crippen LogP contribution in [0.25, 0.3) is 0 Å². The first-order chi connectivity index (χ1) is 12.4. The fraction of sp³-hybridized carbons (Fsp3) is 0.571. The molecule has 3 amide bonds. The van der Waals surface area contributed by atoms with Crippen molar-refractivity contribution in [2.45, 2.75) is 65.0 Å². The smallest absolute Gasteiger partial charge is 0.262 e. The zero-order chi connectivity index (χ0) is 18.8. The molecule has 5 nitrogen and oxygen atoms in total. The van der Waals surface area contributed by atoms with Crippen molar-refractivity contribution in [2.24, 2.45) is 11.8 Å². The molecule has 26 heavy (non-hydrogen) atoms. The SMILES string of the molecule is CC(C)C[C@H](C(=O)N[C@H]1CCCC[C@H]1C)N1C(=O)c2ccccc2C1=O. The Morgan fingerprint density at radius 1 is 1.12 bits per heavy atom. The van der Waals surface area contributed by atoms with Crippen LogP contribution in [0.5, 0.6) is 0 Å². The van der Waals surface area contributed by atoms with E-state index in [4.69, 9.17) is 0 Å². The first-order valence-corrected chi connectivity index (χ1v) is 9.67. The number of benzene rings is 1. The molecule has 1 N–H and O–H groups in total. The van der Waals surface area contributed by atoms with Crippen molar-refractivity contribution in [2.75, 3.05) is 0 Å². The molecule has 0 unspecified atom stereocenters.